The molecule has 0 heterocycles. The minimum Gasteiger partial charge on any atom is -0.481 e. The van der Waals surface area contributed by atoms with E-state index in [0.29, 0.717) is 6.04 Å². The summed E-state index contributed by atoms with van der Waals surface area (Å²) in [7, 11) is 0. The fourth-order valence-corrected chi connectivity index (χ4v) is 2.36. The second-order valence-corrected chi connectivity index (χ2v) is 5.36. The van der Waals surface area contributed by atoms with Gasteiger partial charge in [0.05, 0.1) is 6.10 Å². The molecular weight excluding hydrogens is 294 g/mol. The van der Waals surface area contributed by atoms with Crippen LogP contribution in [0.2, 0.25) is 0 Å². The van der Waals surface area contributed by atoms with Crippen LogP contribution < -0.4 is 10.1 Å². The maximum atomic E-state index is 9.24. The Balaban J connectivity index is 1.96. The summed E-state index contributed by atoms with van der Waals surface area (Å²) in [6.45, 7) is 0.994. The van der Waals surface area contributed by atoms with Gasteiger partial charge in [-0.3, -0.25) is 0 Å². The summed E-state index contributed by atoms with van der Waals surface area (Å²) in [6.07, 6.45) is 6.72. The molecule has 96 valence electrons. The molecule has 2 N–H and O–H groups in total. The van der Waals surface area contributed by atoms with Crippen LogP contribution in [0.15, 0.2) is 22.7 Å². The smallest absolute Gasteiger partial charge is 0.148 e. The fraction of sp³-hybridized carbons (Fsp3) is 0.429. The van der Waals surface area contributed by atoms with Gasteiger partial charge in [0.2, 0.25) is 0 Å². The van der Waals surface area contributed by atoms with Gasteiger partial charge in [-0.05, 0) is 31.0 Å². The Kier molecular flexibility index (Phi) is 4.65. The van der Waals surface area contributed by atoms with E-state index in [1.54, 1.807) is 0 Å². The van der Waals surface area contributed by atoms with Crippen molar-refractivity contribution in [3.8, 4) is 18.1 Å². The number of rotatable bonds is 5. The van der Waals surface area contributed by atoms with E-state index in [1.165, 1.54) is 0 Å². The molecule has 1 fully saturated rings. The predicted molar refractivity (Wildman–Crippen MR) is 74.3 cm³/mol. The third-order valence-corrected chi connectivity index (χ3v) is 3.52. The third-order valence-electron chi connectivity index (χ3n) is 3.03. The molecule has 0 spiro atoms. The van der Waals surface area contributed by atoms with Crippen molar-refractivity contribution in [2.75, 3.05) is 6.61 Å². The van der Waals surface area contributed by atoms with Crippen molar-refractivity contribution in [1.82, 2.24) is 5.32 Å². The number of terminal acetylenes is 1. The normalized spacial score (nSPS) is 22.1. The molecule has 1 aromatic carbocycles. The number of aliphatic hydroxyl groups excluding tert-OH is 1. The maximum Gasteiger partial charge on any atom is 0.148 e. The van der Waals surface area contributed by atoms with Gasteiger partial charge in [0, 0.05) is 22.6 Å². The van der Waals surface area contributed by atoms with Gasteiger partial charge in [-0.2, -0.15) is 0 Å². The number of hydrogen-bond donors (Lipinski definition) is 2. The number of ether oxygens (including phenoxy) is 1. The van der Waals surface area contributed by atoms with Gasteiger partial charge in [-0.25, -0.2) is 0 Å². The summed E-state index contributed by atoms with van der Waals surface area (Å²) >= 11 is 3.45. The van der Waals surface area contributed by atoms with Crippen LogP contribution in [0.1, 0.15) is 18.4 Å². The van der Waals surface area contributed by atoms with Crippen molar-refractivity contribution in [3.05, 3.63) is 28.2 Å². The molecule has 18 heavy (non-hydrogen) atoms. The molecule has 4 heteroatoms. The van der Waals surface area contributed by atoms with Gasteiger partial charge in [0.15, 0.2) is 0 Å². The van der Waals surface area contributed by atoms with Crippen LogP contribution in [0.3, 0.4) is 0 Å². The van der Waals surface area contributed by atoms with Gasteiger partial charge in [-0.15, -0.1) is 6.42 Å². The van der Waals surface area contributed by atoms with Crippen LogP contribution >= 0.6 is 15.9 Å². The van der Waals surface area contributed by atoms with E-state index in [0.717, 1.165) is 35.2 Å². The standard InChI is InChI=1S/C14H16BrNO2/c1-2-5-18-14-4-3-11(15)6-10(14)9-16-12-7-13(17)8-12/h1,3-4,6,12-13,16-17H,5,7-9H2. The monoisotopic (exact) mass is 309 g/mol. The van der Waals surface area contributed by atoms with Crippen molar-refractivity contribution in [1.29, 1.82) is 0 Å². The summed E-state index contributed by atoms with van der Waals surface area (Å²) in [5.74, 6) is 3.27. The van der Waals surface area contributed by atoms with Crippen molar-refractivity contribution < 1.29 is 9.84 Å². The lowest BCUT2D eigenvalue weighted by Gasteiger charge is -2.32. The highest BCUT2D eigenvalue weighted by molar-refractivity contribution is 9.10. The summed E-state index contributed by atoms with van der Waals surface area (Å²) in [5.41, 5.74) is 1.07. The van der Waals surface area contributed by atoms with Crippen molar-refractivity contribution in [2.24, 2.45) is 0 Å². The molecule has 0 aliphatic heterocycles. The quantitative estimate of drug-likeness (QED) is 0.818. The highest BCUT2D eigenvalue weighted by Gasteiger charge is 2.26. The average molecular weight is 310 g/mol. The van der Waals surface area contributed by atoms with Gasteiger partial charge < -0.3 is 15.2 Å². The lowest BCUT2D eigenvalue weighted by Crippen LogP contribution is -2.43. The minimum atomic E-state index is -0.137. The summed E-state index contributed by atoms with van der Waals surface area (Å²) < 4.78 is 6.51. The second kappa shape index (κ2) is 6.24. The molecular formula is C14H16BrNO2. The Bertz CT molecular complexity index is 450. The number of benzene rings is 1. The summed E-state index contributed by atoms with van der Waals surface area (Å²) in [5, 5.41) is 12.6. The Morgan fingerprint density at radius 1 is 1.50 bits per heavy atom. The van der Waals surface area contributed by atoms with E-state index >= 15 is 0 Å². The zero-order valence-electron chi connectivity index (χ0n) is 10.0. The molecule has 0 radical (unpaired) electrons. The SMILES string of the molecule is C#CCOc1ccc(Br)cc1CNC1CC(O)C1. The Hall–Kier alpha value is -1.02. The lowest BCUT2D eigenvalue weighted by atomic mass is 9.89. The lowest BCUT2D eigenvalue weighted by molar-refractivity contribution is 0.0618. The predicted octanol–water partition coefficient (Wildman–Crippen LogP) is 2.07. The van der Waals surface area contributed by atoms with Crippen LogP contribution in [-0.4, -0.2) is 23.9 Å². The van der Waals surface area contributed by atoms with Crippen LogP contribution in [-0.2, 0) is 6.54 Å². The molecule has 0 aromatic heterocycles. The summed E-state index contributed by atoms with van der Waals surface area (Å²) in [4.78, 5) is 0. The minimum absolute atomic E-state index is 0.137. The van der Waals surface area contributed by atoms with Crippen LogP contribution in [0.4, 0.5) is 0 Å². The van der Waals surface area contributed by atoms with E-state index in [2.05, 4.69) is 27.2 Å². The Morgan fingerprint density at radius 3 is 2.94 bits per heavy atom. The Labute approximate surface area is 116 Å². The number of halogens is 1. The molecule has 0 bridgehead atoms. The van der Waals surface area contributed by atoms with Gasteiger partial charge in [0.1, 0.15) is 12.4 Å². The van der Waals surface area contributed by atoms with E-state index in [4.69, 9.17) is 11.2 Å². The highest BCUT2D eigenvalue weighted by Crippen LogP contribution is 2.25. The largest absolute Gasteiger partial charge is 0.481 e. The first kappa shape index (κ1) is 13.4. The number of nitrogens with one attached hydrogen (secondary N) is 1. The van der Waals surface area contributed by atoms with Crippen molar-refractivity contribution >= 4 is 15.9 Å². The van der Waals surface area contributed by atoms with Crippen LogP contribution in [0.5, 0.6) is 5.75 Å². The molecule has 3 nitrogen and oxygen atoms in total. The first-order valence-corrected chi connectivity index (χ1v) is 6.74. The molecule has 0 atom stereocenters. The van der Waals surface area contributed by atoms with Crippen molar-refractivity contribution in [2.45, 2.75) is 31.5 Å². The van der Waals surface area contributed by atoms with Gasteiger partial charge >= 0.3 is 0 Å². The summed E-state index contributed by atoms with van der Waals surface area (Å²) in [6, 6.07) is 6.27. The molecule has 0 amide bonds. The molecule has 0 unspecified atom stereocenters. The first-order valence-electron chi connectivity index (χ1n) is 5.95. The second-order valence-electron chi connectivity index (χ2n) is 4.45. The zero-order chi connectivity index (χ0) is 13.0. The van der Waals surface area contributed by atoms with Gasteiger partial charge in [0.25, 0.3) is 0 Å². The zero-order valence-corrected chi connectivity index (χ0v) is 11.6. The topological polar surface area (TPSA) is 41.5 Å². The average Bonchev–Trinajstić information content (AvgIpc) is 2.32. The number of hydrogen-bond acceptors (Lipinski definition) is 3. The molecule has 0 saturated heterocycles. The van der Waals surface area contributed by atoms with Crippen LogP contribution in [0, 0.1) is 12.3 Å². The molecule has 1 aliphatic carbocycles. The first-order chi connectivity index (χ1) is 8.69. The highest BCUT2D eigenvalue weighted by atomic mass is 79.9. The molecule has 1 saturated carbocycles. The Morgan fingerprint density at radius 2 is 2.28 bits per heavy atom. The van der Waals surface area contributed by atoms with Gasteiger partial charge in [-0.1, -0.05) is 21.9 Å². The third kappa shape index (κ3) is 3.49. The van der Waals surface area contributed by atoms with E-state index in [1.807, 2.05) is 18.2 Å². The molecule has 1 aliphatic rings. The molecule has 1 aromatic rings. The van der Waals surface area contributed by atoms with E-state index in [9.17, 15) is 5.11 Å². The molecule has 2 rings (SSSR count). The van der Waals surface area contributed by atoms with Crippen molar-refractivity contribution in [3.63, 3.8) is 0 Å². The van der Waals surface area contributed by atoms with E-state index < -0.39 is 0 Å². The number of aliphatic hydroxyl groups is 1. The van der Waals surface area contributed by atoms with E-state index in [-0.39, 0.29) is 12.7 Å². The fourth-order valence-electron chi connectivity index (χ4n) is 1.96. The maximum absolute atomic E-state index is 9.24. The van der Waals surface area contributed by atoms with Crippen LogP contribution in [0.25, 0.3) is 0 Å².